The van der Waals surface area contributed by atoms with Gasteiger partial charge in [-0.25, -0.2) is 4.98 Å². The minimum Gasteiger partial charge on any atom is -0.491 e. The van der Waals surface area contributed by atoms with Crippen molar-refractivity contribution in [3.63, 3.8) is 0 Å². The zero-order valence-electron chi connectivity index (χ0n) is 17.6. The number of thiazole rings is 1. The number of Topliss-reactive ketones (excluding diaryl/α,β-unsaturated/α-hetero) is 1. The lowest BCUT2D eigenvalue weighted by molar-refractivity contribution is -0.0111. The van der Waals surface area contributed by atoms with Crippen LogP contribution in [0.2, 0.25) is 0 Å². The monoisotopic (exact) mass is 438 g/mol. The Labute approximate surface area is 185 Å². The van der Waals surface area contributed by atoms with Gasteiger partial charge in [-0.1, -0.05) is 41.7 Å². The maximum Gasteiger partial charge on any atom is 0.260 e. The summed E-state index contributed by atoms with van der Waals surface area (Å²) in [5.41, 5.74) is 1.54. The van der Waals surface area contributed by atoms with Crippen LogP contribution in [0.25, 0.3) is 5.13 Å². The Kier molecular flexibility index (Phi) is 6.94. The van der Waals surface area contributed by atoms with Gasteiger partial charge in [0.1, 0.15) is 12.4 Å². The maximum absolute atomic E-state index is 12.7. The molecule has 4 rings (SSSR count). The molecule has 0 bridgehead atoms. The third-order valence-corrected chi connectivity index (χ3v) is 6.53. The number of carbonyl (C=O) groups is 1. The molecule has 3 aromatic rings. The van der Waals surface area contributed by atoms with Crippen LogP contribution in [-0.2, 0) is 11.2 Å². The van der Waals surface area contributed by atoms with Gasteiger partial charge in [0.05, 0.1) is 16.7 Å². The molecule has 3 heterocycles. The van der Waals surface area contributed by atoms with Crippen LogP contribution in [0.4, 0.5) is 0 Å². The van der Waals surface area contributed by atoms with Gasteiger partial charge < -0.3 is 9.47 Å². The summed E-state index contributed by atoms with van der Waals surface area (Å²) in [6, 6.07) is 13.1. The van der Waals surface area contributed by atoms with Crippen LogP contribution >= 0.6 is 11.3 Å². The van der Waals surface area contributed by atoms with E-state index in [9.17, 15) is 9.59 Å². The number of hydrogen-bond acceptors (Lipinski definition) is 6. The number of carbonyl (C=O) groups excluding carboxylic acids is 1. The molecule has 1 aliphatic heterocycles. The SMILES string of the molecule is Cc1nc(-n2ccc(OCC3CCCCO3)cc2=O)sc1C(=O)CCc1ccccc1. The van der Waals surface area contributed by atoms with Crippen LogP contribution in [0.1, 0.15) is 46.6 Å². The van der Waals surface area contributed by atoms with Crippen LogP contribution in [0.5, 0.6) is 5.75 Å². The molecule has 0 saturated carbocycles. The normalized spacial score (nSPS) is 16.2. The van der Waals surface area contributed by atoms with Crippen molar-refractivity contribution in [2.24, 2.45) is 0 Å². The molecule has 1 atom stereocenters. The highest BCUT2D eigenvalue weighted by atomic mass is 32.1. The van der Waals surface area contributed by atoms with Gasteiger partial charge in [-0.2, -0.15) is 0 Å². The summed E-state index contributed by atoms with van der Waals surface area (Å²) in [6.07, 6.45) is 6.05. The molecule has 0 amide bonds. The van der Waals surface area contributed by atoms with E-state index < -0.39 is 0 Å². The lowest BCUT2D eigenvalue weighted by atomic mass is 10.1. The number of rotatable bonds is 8. The third kappa shape index (κ3) is 5.48. The number of aryl methyl sites for hydroxylation is 2. The highest BCUT2D eigenvalue weighted by Gasteiger charge is 2.18. The lowest BCUT2D eigenvalue weighted by Gasteiger charge is -2.22. The van der Waals surface area contributed by atoms with Gasteiger partial charge in [-0.05, 0) is 44.2 Å². The van der Waals surface area contributed by atoms with E-state index >= 15 is 0 Å². The van der Waals surface area contributed by atoms with E-state index in [0.717, 1.165) is 31.4 Å². The quantitative estimate of drug-likeness (QED) is 0.489. The van der Waals surface area contributed by atoms with Gasteiger partial charge >= 0.3 is 0 Å². The molecule has 1 aromatic carbocycles. The fourth-order valence-corrected chi connectivity index (χ4v) is 4.62. The molecule has 0 spiro atoms. The second kappa shape index (κ2) is 10.0. The van der Waals surface area contributed by atoms with E-state index in [1.54, 1.807) is 12.3 Å². The van der Waals surface area contributed by atoms with Gasteiger partial charge in [0.25, 0.3) is 5.56 Å². The number of pyridine rings is 1. The van der Waals surface area contributed by atoms with Gasteiger partial charge in [0.15, 0.2) is 10.9 Å². The first kappa shape index (κ1) is 21.5. The van der Waals surface area contributed by atoms with E-state index in [1.807, 2.05) is 37.3 Å². The van der Waals surface area contributed by atoms with Crippen molar-refractivity contribution in [1.82, 2.24) is 9.55 Å². The molecule has 6 nitrogen and oxygen atoms in total. The van der Waals surface area contributed by atoms with Gasteiger partial charge in [-0.15, -0.1) is 0 Å². The standard InChI is InChI=1S/C24H26N2O4S/c1-17-23(21(27)11-10-18-7-3-2-4-8-18)31-24(25-17)26-13-12-19(15-22(26)28)30-16-20-9-5-6-14-29-20/h2-4,7-8,12-13,15,20H,5-6,9-11,14,16H2,1H3. The number of ether oxygens (including phenoxy) is 2. The Hall–Kier alpha value is -2.77. The van der Waals surface area contributed by atoms with Crippen molar-refractivity contribution in [3.8, 4) is 10.9 Å². The van der Waals surface area contributed by atoms with Crippen molar-refractivity contribution in [2.45, 2.75) is 45.1 Å². The molecule has 1 fully saturated rings. The zero-order valence-corrected chi connectivity index (χ0v) is 18.4. The number of hydrogen-bond donors (Lipinski definition) is 0. The number of nitrogens with zero attached hydrogens (tertiary/aromatic N) is 2. The fourth-order valence-electron chi connectivity index (χ4n) is 3.60. The van der Waals surface area contributed by atoms with E-state index in [1.165, 1.54) is 22.0 Å². The predicted octanol–water partition coefficient (Wildman–Crippen LogP) is 4.37. The first-order valence-corrected chi connectivity index (χ1v) is 11.4. The Morgan fingerprint density at radius 2 is 2.10 bits per heavy atom. The number of aromatic nitrogens is 2. The molecule has 0 radical (unpaired) electrons. The van der Waals surface area contributed by atoms with E-state index in [2.05, 4.69) is 4.98 Å². The second-order valence-corrected chi connectivity index (χ2v) is 8.67. The van der Waals surface area contributed by atoms with Gasteiger partial charge in [0.2, 0.25) is 0 Å². The fraction of sp³-hybridized carbons (Fsp3) is 0.375. The minimum atomic E-state index is -0.237. The summed E-state index contributed by atoms with van der Waals surface area (Å²) in [4.78, 5) is 30.4. The summed E-state index contributed by atoms with van der Waals surface area (Å²) in [6.45, 7) is 3.02. The summed E-state index contributed by atoms with van der Waals surface area (Å²) >= 11 is 1.25. The Morgan fingerprint density at radius 3 is 2.84 bits per heavy atom. The third-order valence-electron chi connectivity index (χ3n) is 5.33. The number of benzene rings is 1. The highest BCUT2D eigenvalue weighted by molar-refractivity contribution is 7.16. The average Bonchev–Trinajstić information content (AvgIpc) is 3.19. The van der Waals surface area contributed by atoms with Gasteiger partial charge in [0, 0.05) is 25.3 Å². The molecule has 1 saturated heterocycles. The Bertz CT molecular complexity index is 1080. The molecule has 162 valence electrons. The maximum atomic E-state index is 12.7. The summed E-state index contributed by atoms with van der Waals surface area (Å²) < 4.78 is 12.9. The molecular formula is C24H26N2O4S. The summed E-state index contributed by atoms with van der Waals surface area (Å²) in [5, 5.41) is 0.493. The van der Waals surface area contributed by atoms with E-state index in [-0.39, 0.29) is 17.4 Å². The first-order chi connectivity index (χ1) is 15.1. The molecule has 0 N–H and O–H groups in total. The first-order valence-electron chi connectivity index (χ1n) is 10.6. The predicted molar refractivity (Wildman–Crippen MR) is 121 cm³/mol. The van der Waals surface area contributed by atoms with Crippen molar-refractivity contribution in [3.05, 3.63) is 75.1 Å². The summed E-state index contributed by atoms with van der Waals surface area (Å²) in [5.74, 6) is 0.563. The van der Waals surface area contributed by atoms with Crippen LogP contribution in [0.15, 0.2) is 53.5 Å². The van der Waals surface area contributed by atoms with Crippen LogP contribution in [0, 0.1) is 6.92 Å². The zero-order chi connectivity index (χ0) is 21.6. The molecule has 7 heteroatoms. The minimum absolute atomic E-state index is 0.0468. The molecule has 1 unspecified atom stereocenters. The van der Waals surface area contributed by atoms with Crippen molar-refractivity contribution >= 4 is 17.1 Å². The largest absolute Gasteiger partial charge is 0.491 e. The highest BCUT2D eigenvalue weighted by Crippen LogP contribution is 2.23. The molecule has 31 heavy (non-hydrogen) atoms. The van der Waals surface area contributed by atoms with Crippen molar-refractivity contribution in [1.29, 1.82) is 0 Å². The van der Waals surface area contributed by atoms with Crippen molar-refractivity contribution in [2.75, 3.05) is 13.2 Å². The molecule has 1 aliphatic rings. The summed E-state index contributed by atoms with van der Waals surface area (Å²) in [7, 11) is 0. The van der Waals surface area contributed by atoms with E-state index in [0.29, 0.717) is 40.9 Å². The van der Waals surface area contributed by atoms with E-state index in [4.69, 9.17) is 9.47 Å². The molecule has 0 aliphatic carbocycles. The smallest absolute Gasteiger partial charge is 0.260 e. The Morgan fingerprint density at radius 1 is 1.26 bits per heavy atom. The Balaban J connectivity index is 1.42. The van der Waals surface area contributed by atoms with Gasteiger partial charge in [-0.3, -0.25) is 14.2 Å². The number of ketones is 1. The molecule has 2 aromatic heterocycles. The lowest BCUT2D eigenvalue weighted by Crippen LogP contribution is -2.26. The topological polar surface area (TPSA) is 70.4 Å². The molecular weight excluding hydrogens is 412 g/mol. The van der Waals surface area contributed by atoms with Crippen LogP contribution in [-0.4, -0.2) is 34.7 Å². The van der Waals surface area contributed by atoms with Crippen molar-refractivity contribution < 1.29 is 14.3 Å². The van der Waals surface area contributed by atoms with Crippen LogP contribution < -0.4 is 10.3 Å². The average molecular weight is 439 g/mol. The second-order valence-electron chi connectivity index (χ2n) is 7.69. The van der Waals surface area contributed by atoms with Crippen LogP contribution in [0.3, 0.4) is 0 Å².